The van der Waals surface area contributed by atoms with Gasteiger partial charge in [0.15, 0.2) is 11.5 Å². The highest BCUT2D eigenvalue weighted by atomic mass is 32.2. The van der Waals surface area contributed by atoms with Gasteiger partial charge in [-0.1, -0.05) is 0 Å². The summed E-state index contributed by atoms with van der Waals surface area (Å²) >= 11 is 0. The summed E-state index contributed by atoms with van der Waals surface area (Å²) in [6, 6.07) is 7.03. The number of benzene rings is 2. The van der Waals surface area contributed by atoms with Crippen LogP contribution in [0.15, 0.2) is 41.3 Å². The van der Waals surface area contributed by atoms with E-state index in [1.165, 1.54) is 12.1 Å². The lowest BCUT2D eigenvalue weighted by molar-refractivity contribution is 0.0691. The Morgan fingerprint density at radius 2 is 1.79 bits per heavy atom. The van der Waals surface area contributed by atoms with Crippen LogP contribution in [0.4, 0.5) is 10.1 Å². The first-order chi connectivity index (χ1) is 11.4. The molecule has 7 nitrogen and oxygen atoms in total. The van der Waals surface area contributed by atoms with Gasteiger partial charge in [0.25, 0.3) is 10.0 Å². The number of fused-ring (bicyclic) bond motifs is 1. The van der Waals surface area contributed by atoms with Gasteiger partial charge in [0.05, 0.1) is 16.1 Å². The van der Waals surface area contributed by atoms with Gasteiger partial charge in [-0.3, -0.25) is 4.72 Å². The molecule has 0 saturated carbocycles. The third-order valence-electron chi connectivity index (χ3n) is 3.27. The third-order valence-corrected chi connectivity index (χ3v) is 4.65. The van der Waals surface area contributed by atoms with E-state index in [0.29, 0.717) is 24.7 Å². The highest BCUT2D eigenvalue weighted by Gasteiger charge is 2.20. The van der Waals surface area contributed by atoms with Gasteiger partial charge in [-0.25, -0.2) is 17.6 Å². The third kappa shape index (κ3) is 3.11. The Labute approximate surface area is 136 Å². The Bertz CT molecular complexity index is 912. The van der Waals surface area contributed by atoms with Gasteiger partial charge >= 0.3 is 5.97 Å². The van der Waals surface area contributed by atoms with Gasteiger partial charge in [-0.15, -0.1) is 0 Å². The summed E-state index contributed by atoms with van der Waals surface area (Å²) in [5.74, 6) is -1.67. The van der Waals surface area contributed by atoms with Gasteiger partial charge in [0.2, 0.25) is 0 Å². The number of aromatic carboxylic acids is 1. The zero-order valence-electron chi connectivity index (χ0n) is 12.2. The maximum Gasteiger partial charge on any atom is 0.338 e. The average Bonchev–Trinajstić information content (AvgIpc) is 2.54. The maximum absolute atomic E-state index is 13.4. The van der Waals surface area contributed by atoms with Gasteiger partial charge in [0, 0.05) is 6.07 Å². The lowest BCUT2D eigenvalue weighted by atomic mass is 10.2. The summed E-state index contributed by atoms with van der Waals surface area (Å²) in [6.45, 7) is 0.759. The zero-order chi connectivity index (χ0) is 17.3. The van der Waals surface area contributed by atoms with Crippen LogP contribution in [-0.2, 0) is 10.0 Å². The number of sulfonamides is 1. The highest BCUT2D eigenvalue weighted by Crippen LogP contribution is 2.33. The molecular formula is C15H12FNO6S. The number of rotatable bonds is 4. The topological polar surface area (TPSA) is 102 Å². The fourth-order valence-corrected chi connectivity index (χ4v) is 3.23. The summed E-state index contributed by atoms with van der Waals surface area (Å²) in [5, 5.41) is 8.89. The maximum atomic E-state index is 13.4. The minimum absolute atomic E-state index is 0.209. The molecule has 0 unspecified atom stereocenters. The molecule has 0 aromatic heterocycles. The summed E-state index contributed by atoms with van der Waals surface area (Å²) in [6.07, 6.45) is 0. The number of nitrogens with one attached hydrogen (secondary N) is 1. The number of hydrogen-bond donors (Lipinski definition) is 2. The van der Waals surface area contributed by atoms with Crippen molar-refractivity contribution in [2.75, 3.05) is 17.9 Å². The van der Waals surface area contributed by atoms with Gasteiger partial charge < -0.3 is 14.6 Å². The molecule has 3 rings (SSSR count). The Morgan fingerprint density at radius 1 is 1.08 bits per heavy atom. The predicted octanol–water partition coefficient (Wildman–Crippen LogP) is 2.10. The molecule has 1 heterocycles. The van der Waals surface area contributed by atoms with Crippen molar-refractivity contribution in [3.05, 3.63) is 47.8 Å². The van der Waals surface area contributed by atoms with Crippen molar-refractivity contribution in [3.63, 3.8) is 0 Å². The number of carbonyl (C=O) groups is 1. The van der Waals surface area contributed by atoms with E-state index in [1.807, 2.05) is 0 Å². The smallest absolute Gasteiger partial charge is 0.338 e. The van der Waals surface area contributed by atoms with Crippen molar-refractivity contribution in [3.8, 4) is 11.5 Å². The number of carboxylic acids is 1. The minimum Gasteiger partial charge on any atom is -0.486 e. The van der Waals surface area contributed by atoms with E-state index in [2.05, 4.69) is 4.72 Å². The van der Waals surface area contributed by atoms with Crippen molar-refractivity contribution in [1.29, 1.82) is 0 Å². The first kappa shape index (κ1) is 16.1. The monoisotopic (exact) mass is 353 g/mol. The molecule has 0 atom stereocenters. The first-order valence-electron chi connectivity index (χ1n) is 6.82. The second-order valence-electron chi connectivity index (χ2n) is 4.91. The van der Waals surface area contributed by atoms with Crippen molar-refractivity contribution < 1.29 is 32.2 Å². The van der Waals surface area contributed by atoms with E-state index >= 15 is 0 Å². The Kier molecular flexibility index (Phi) is 4.02. The van der Waals surface area contributed by atoms with Gasteiger partial charge in [0.1, 0.15) is 19.0 Å². The number of carboxylic acid groups (broad SMARTS) is 1. The lowest BCUT2D eigenvalue weighted by Crippen LogP contribution is -2.17. The second kappa shape index (κ2) is 6.00. The molecule has 0 spiro atoms. The van der Waals surface area contributed by atoms with Gasteiger partial charge in [-0.05, 0) is 30.3 Å². The molecule has 0 amide bonds. The fraction of sp³-hybridized carbons (Fsp3) is 0.133. The van der Waals surface area contributed by atoms with E-state index in [-0.39, 0.29) is 10.6 Å². The molecule has 9 heteroatoms. The largest absolute Gasteiger partial charge is 0.486 e. The quantitative estimate of drug-likeness (QED) is 0.873. The van der Waals surface area contributed by atoms with E-state index in [0.717, 1.165) is 18.2 Å². The normalized spacial score (nSPS) is 13.4. The van der Waals surface area contributed by atoms with Crippen LogP contribution in [0.25, 0.3) is 0 Å². The highest BCUT2D eigenvalue weighted by molar-refractivity contribution is 7.92. The predicted molar refractivity (Wildman–Crippen MR) is 81.6 cm³/mol. The zero-order valence-corrected chi connectivity index (χ0v) is 13.0. The summed E-state index contributed by atoms with van der Waals surface area (Å²) in [7, 11) is -4.09. The Balaban J connectivity index is 1.91. The molecule has 0 radical (unpaired) electrons. The SMILES string of the molecule is O=C(O)c1cc(S(=O)(=O)Nc2ccc3c(c2)OCCO3)ccc1F. The first-order valence-corrected chi connectivity index (χ1v) is 8.30. The number of hydrogen-bond acceptors (Lipinski definition) is 5. The number of anilines is 1. The van der Waals surface area contributed by atoms with Crippen LogP contribution in [0.2, 0.25) is 0 Å². The van der Waals surface area contributed by atoms with E-state index in [4.69, 9.17) is 14.6 Å². The van der Waals surface area contributed by atoms with Crippen LogP contribution in [0.5, 0.6) is 11.5 Å². The van der Waals surface area contributed by atoms with Crippen LogP contribution >= 0.6 is 0 Å². The van der Waals surface area contributed by atoms with Crippen molar-refractivity contribution in [1.82, 2.24) is 0 Å². The van der Waals surface area contributed by atoms with Crippen LogP contribution in [0.3, 0.4) is 0 Å². The van der Waals surface area contributed by atoms with Crippen LogP contribution in [-0.4, -0.2) is 32.7 Å². The van der Waals surface area contributed by atoms with E-state index < -0.39 is 27.4 Å². The van der Waals surface area contributed by atoms with Crippen LogP contribution < -0.4 is 14.2 Å². The molecule has 0 aliphatic carbocycles. The minimum atomic E-state index is -4.09. The molecule has 24 heavy (non-hydrogen) atoms. The fourth-order valence-electron chi connectivity index (χ4n) is 2.16. The molecule has 0 fully saturated rings. The Morgan fingerprint density at radius 3 is 2.50 bits per heavy atom. The molecule has 1 aliphatic heterocycles. The van der Waals surface area contributed by atoms with Crippen LogP contribution in [0.1, 0.15) is 10.4 Å². The Hall–Kier alpha value is -2.81. The average molecular weight is 353 g/mol. The van der Waals surface area contributed by atoms with E-state index in [9.17, 15) is 17.6 Å². The van der Waals surface area contributed by atoms with Gasteiger partial charge in [-0.2, -0.15) is 0 Å². The summed E-state index contributed by atoms with van der Waals surface area (Å²) in [4.78, 5) is 10.6. The van der Waals surface area contributed by atoms with Crippen molar-refractivity contribution >= 4 is 21.7 Å². The molecule has 2 N–H and O–H groups in total. The summed E-state index contributed by atoms with van der Waals surface area (Å²) in [5.41, 5.74) is -0.513. The molecule has 0 bridgehead atoms. The molecule has 126 valence electrons. The second-order valence-corrected chi connectivity index (χ2v) is 6.59. The lowest BCUT2D eigenvalue weighted by Gasteiger charge is -2.19. The van der Waals surface area contributed by atoms with E-state index in [1.54, 1.807) is 6.07 Å². The summed E-state index contributed by atoms with van der Waals surface area (Å²) < 4.78 is 51.1. The molecular weight excluding hydrogens is 341 g/mol. The molecule has 2 aromatic rings. The molecule has 2 aromatic carbocycles. The van der Waals surface area contributed by atoms with Crippen molar-refractivity contribution in [2.24, 2.45) is 0 Å². The standard InChI is InChI=1S/C15H12FNO6S/c16-12-3-2-10(8-11(12)15(18)19)24(20,21)17-9-1-4-13-14(7-9)23-6-5-22-13/h1-4,7-8,17H,5-6H2,(H,18,19). The molecule has 1 aliphatic rings. The van der Waals surface area contributed by atoms with Crippen molar-refractivity contribution in [2.45, 2.75) is 4.90 Å². The molecule has 0 saturated heterocycles. The number of halogens is 1. The number of ether oxygens (including phenoxy) is 2. The van der Waals surface area contributed by atoms with Crippen LogP contribution in [0, 0.1) is 5.82 Å².